The van der Waals surface area contributed by atoms with E-state index in [2.05, 4.69) is 53.0 Å². The van der Waals surface area contributed by atoms with Crippen LogP contribution in [0.2, 0.25) is 0 Å². The van der Waals surface area contributed by atoms with E-state index in [0.717, 1.165) is 58.2 Å². The first-order valence-corrected chi connectivity index (χ1v) is 29.5. The van der Waals surface area contributed by atoms with Crippen molar-refractivity contribution in [3.8, 4) is 23.0 Å². The second-order valence-corrected chi connectivity index (χ2v) is 20.5. The summed E-state index contributed by atoms with van der Waals surface area (Å²) in [4.78, 5) is 37.1. The van der Waals surface area contributed by atoms with Gasteiger partial charge < -0.3 is 23.8 Å². The molecule has 414 valence electrons. The van der Waals surface area contributed by atoms with Gasteiger partial charge in [0.15, 0.2) is 0 Å². The van der Waals surface area contributed by atoms with E-state index in [0.29, 0.717) is 35.8 Å². The molecule has 0 aliphatic rings. The van der Waals surface area contributed by atoms with Crippen LogP contribution in [0.25, 0.3) is 0 Å². The van der Waals surface area contributed by atoms with Crippen LogP contribution in [0, 0.1) is 0 Å². The molecule has 0 aliphatic heterocycles. The number of hydrogen-bond donors (Lipinski definition) is 0. The van der Waals surface area contributed by atoms with Crippen LogP contribution in [0.1, 0.15) is 200 Å². The summed E-state index contributed by atoms with van der Waals surface area (Å²) >= 11 is 0. The van der Waals surface area contributed by atoms with Crippen LogP contribution in [-0.4, -0.2) is 44.6 Å². The smallest absolute Gasteiger partial charge is 0.343 e. The first-order valence-electron chi connectivity index (χ1n) is 29.5. The van der Waals surface area contributed by atoms with Gasteiger partial charge >= 0.3 is 11.9 Å². The predicted octanol–water partition coefficient (Wildman–Crippen LogP) is 19.6. The highest BCUT2D eigenvalue weighted by atomic mass is 16.5. The summed E-state index contributed by atoms with van der Waals surface area (Å²) in [5.41, 5.74) is 6.40. The van der Waals surface area contributed by atoms with E-state index >= 15 is 0 Å². The molecule has 78 heavy (non-hydrogen) atoms. The molecule has 9 heteroatoms. The SMILES string of the molecule is CCCCCCCCCCCCCCOc1ccc(C(=O)Oc2ccc(N=Cc3ccc(N(C)c4ccc(C=Nc5ccc(OC(=O)c6ccc(OCCCCCCCCCCCCCC)cc6)cc5)cc4)cc3)cc2)cc1. The number of ether oxygens (including phenoxy) is 4. The molecule has 0 N–H and O–H groups in total. The van der Waals surface area contributed by atoms with E-state index in [1.54, 1.807) is 48.5 Å². The van der Waals surface area contributed by atoms with E-state index in [9.17, 15) is 9.59 Å². The van der Waals surface area contributed by atoms with Crippen LogP contribution in [0.4, 0.5) is 22.7 Å². The topological polar surface area (TPSA) is 99.0 Å². The van der Waals surface area contributed by atoms with Crippen molar-refractivity contribution in [1.82, 2.24) is 0 Å². The molecule has 6 aromatic carbocycles. The quantitative estimate of drug-likeness (QED) is 0.0165. The standard InChI is InChI=1S/C69H87N3O6/c1-4-6-8-10-12-14-16-18-20-22-24-26-52-75-64-44-32-58(33-45-64)68(73)77-66-48-36-60(37-49-66)70-54-56-28-40-62(41-29-56)72(3)63-42-30-57(31-43-63)55-71-61-38-50-67(51-39-61)78-69(74)59-34-46-65(47-35-59)76-53-27-25-23-21-19-17-15-13-11-9-7-5-2/h28-51,54-55H,4-27,52-53H2,1-3H3. The fourth-order valence-corrected chi connectivity index (χ4v) is 9.19. The van der Waals surface area contributed by atoms with Gasteiger partial charge in [-0.25, -0.2) is 9.59 Å². The number of rotatable bonds is 38. The van der Waals surface area contributed by atoms with E-state index in [-0.39, 0.29) is 0 Å². The largest absolute Gasteiger partial charge is 0.494 e. The Morgan fingerprint density at radius 2 is 0.641 bits per heavy atom. The molecule has 6 rings (SSSR count). The lowest BCUT2D eigenvalue weighted by Crippen LogP contribution is -2.09. The molecule has 0 amide bonds. The van der Waals surface area contributed by atoms with Crippen molar-refractivity contribution in [3.05, 3.63) is 168 Å². The third-order valence-corrected chi connectivity index (χ3v) is 14.1. The molecule has 9 nitrogen and oxygen atoms in total. The van der Waals surface area contributed by atoms with Crippen molar-refractivity contribution < 1.29 is 28.5 Å². The van der Waals surface area contributed by atoms with Crippen molar-refractivity contribution in [3.63, 3.8) is 0 Å². The number of carbonyl (C=O) groups excluding carboxylic acids is 2. The molecule has 0 atom stereocenters. The third-order valence-electron chi connectivity index (χ3n) is 14.1. The zero-order valence-electron chi connectivity index (χ0n) is 47.2. The molecule has 0 spiro atoms. The molecular weight excluding hydrogens is 967 g/mol. The maximum absolute atomic E-state index is 12.9. The Kier molecular flexibility index (Phi) is 27.9. The summed E-state index contributed by atoms with van der Waals surface area (Å²) in [6, 6.07) is 45.0. The third kappa shape index (κ3) is 23.3. The number of esters is 2. The van der Waals surface area contributed by atoms with Crippen LogP contribution >= 0.6 is 0 Å². The van der Waals surface area contributed by atoms with E-state index in [4.69, 9.17) is 18.9 Å². The first-order chi connectivity index (χ1) is 38.4. The van der Waals surface area contributed by atoms with E-state index in [1.165, 1.54) is 141 Å². The van der Waals surface area contributed by atoms with Crippen molar-refractivity contribution in [2.45, 2.75) is 168 Å². The number of carbonyl (C=O) groups is 2. The van der Waals surface area contributed by atoms with Crippen LogP contribution in [-0.2, 0) is 0 Å². The number of benzene rings is 6. The zero-order valence-corrected chi connectivity index (χ0v) is 47.2. The Labute approximate surface area is 467 Å². The van der Waals surface area contributed by atoms with Gasteiger partial charge in [0.05, 0.1) is 35.7 Å². The lowest BCUT2D eigenvalue weighted by Gasteiger charge is -2.19. The van der Waals surface area contributed by atoms with Gasteiger partial charge in [-0.1, -0.05) is 179 Å². The molecule has 0 heterocycles. The molecule has 0 radical (unpaired) electrons. The van der Waals surface area contributed by atoms with Crippen LogP contribution in [0.3, 0.4) is 0 Å². The number of anilines is 2. The maximum Gasteiger partial charge on any atom is 0.343 e. The van der Waals surface area contributed by atoms with Gasteiger partial charge in [-0.05, 0) is 145 Å². The molecular formula is C69H87N3O6. The molecule has 0 saturated heterocycles. The van der Waals surface area contributed by atoms with Gasteiger partial charge in [0.25, 0.3) is 0 Å². The minimum atomic E-state index is -0.419. The highest BCUT2D eigenvalue weighted by Gasteiger charge is 2.12. The maximum atomic E-state index is 12.9. The fourth-order valence-electron chi connectivity index (χ4n) is 9.19. The van der Waals surface area contributed by atoms with Gasteiger partial charge in [0.1, 0.15) is 23.0 Å². The van der Waals surface area contributed by atoms with Crippen molar-refractivity contribution in [1.29, 1.82) is 0 Å². The van der Waals surface area contributed by atoms with Gasteiger partial charge in [0, 0.05) is 30.9 Å². The number of unbranched alkanes of at least 4 members (excludes halogenated alkanes) is 22. The Balaban J connectivity index is 0.834. The molecule has 0 saturated carbocycles. The molecule has 0 bridgehead atoms. The number of aliphatic imine (C=N–C) groups is 2. The molecule has 0 aromatic heterocycles. The highest BCUT2D eigenvalue weighted by molar-refractivity contribution is 5.92. The molecule has 0 fully saturated rings. The van der Waals surface area contributed by atoms with Crippen LogP contribution in [0.5, 0.6) is 23.0 Å². The summed E-state index contributed by atoms with van der Waals surface area (Å²) in [6.07, 6.45) is 35.1. The van der Waals surface area contributed by atoms with Gasteiger partial charge in [-0.2, -0.15) is 0 Å². The minimum Gasteiger partial charge on any atom is -0.494 e. The average molecular weight is 1050 g/mol. The first kappa shape index (κ1) is 60.2. The Morgan fingerprint density at radius 3 is 0.949 bits per heavy atom. The summed E-state index contributed by atoms with van der Waals surface area (Å²) < 4.78 is 23.1. The fraction of sp³-hybridized carbons (Fsp3) is 0.420. The molecule has 0 aliphatic carbocycles. The van der Waals surface area contributed by atoms with Gasteiger partial charge in [-0.3, -0.25) is 9.98 Å². The predicted molar refractivity (Wildman–Crippen MR) is 324 cm³/mol. The van der Waals surface area contributed by atoms with Crippen LogP contribution in [0.15, 0.2) is 156 Å². The average Bonchev–Trinajstić information content (AvgIpc) is 3.47. The van der Waals surface area contributed by atoms with Crippen molar-refractivity contribution in [2.75, 3.05) is 25.2 Å². The molecule has 6 aromatic rings. The Bertz CT molecular complexity index is 2440. The lowest BCUT2D eigenvalue weighted by atomic mass is 10.1. The summed E-state index contributed by atoms with van der Waals surface area (Å²) in [5, 5.41) is 0. The number of nitrogens with zero attached hydrogens (tertiary/aromatic N) is 3. The normalized spacial score (nSPS) is 11.3. The van der Waals surface area contributed by atoms with Crippen LogP contribution < -0.4 is 23.8 Å². The van der Waals surface area contributed by atoms with Gasteiger partial charge in [-0.15, -0.1) is 0 Å². The Morgan fingerprint density at radius 1 is 0.359 bits per heavy atom. The van der Waals surface area contributed by atoms with Gasteiger partial charge in [0.2, 0.25) is 0 Å². The highest BCUT2D eigenvalue weighted by Crippen LogP contribution is 2.26. The number of hydrogen-bond acceptors (Lipinski definition) is 9. The summed E-state index contributed by atoms with van der Waals surface area (Å²) in [7, 11) is 2.03. The van der Waals surface area contributed by atoms with E-state index in [1.807, 2.05) is 92.3 Å². The second-order valence-electron chi connectivity index (χ2n) is 20.5. The monoisotopic (exact) mass is 1050 g/mol. The summed E-state index contributed by atoms with van der Waals surface area (Å²) in [6.45, 7) is 5.91. The van der Waals surface area contributed by atoms with E-state index < -0.39 is 11.9 Å². The molecule has 0 unspecified atom stereocenters. The zero-order chi connectivity index (χ0) is 54.7. The second kappa shape index (κ2) is 36.2. The minimum absolute atomic E-state index is 0.419. The van der Waals surface area contributed by atoms with Crippen molar-refractivity contribution in [2.24, 2.45) is 9.98 Å². The summed E-state index contributed by atoms with van der Waals surface area (Å²) in [5.74, 6) is 1.59. The lowest BCUT2D eigenvalue weighted by molar-refractivity contribution is 0.0725. The Hall–Kier alpha value is -7.00. The van der Waals surface area contributed by atoms with Crippen molar-refractivity contribution >= 4 is 47.1 Å².